The smallest absolute Gasteiger partial charge is 0.383 e. The molecule has 0 radical (unpaired) electrons. The summed E-state index contributed by atoms with van der Waals surface area (Å²) < 4.78 is 29.2. The Hall–Kier alpha value is -0.953. The Bertz CT molecular complexity index is 353. The molecule has 1 aromatic rings. The van der Waals surface area contributed by atoms with E-state index in [4.69, 9.17) is 13.3 Å². The number of benzene rings is 1. The summed E-state index contributed by atoms with van der Waals surface area (Å²) >= 11 is 0. The molecule has 0 heterocycles. The first kappa shape index (κ1) is 15.1. The van der Waals surface area contributed by atoms with Gasteiger partial charge in [0.1, 0.15) is 5.82 Å². The van der Waals surface area contributed by atoms with E-state index in [0.717, 1.165) is 6.42 Å². The van der Waals surface area contributed by atoms with Gasteiger partial charge in [0, 0.05) is 33.9 Å². The monoisotopic (exact) mass is 273 g/mol. The highest BCUT2D eigenvalue weighted by Gasteiger charge is 2.36. The van der Waals surface area contributed by atoms with Crippen LogP contribution in [-0.2, 0) is 13.3 Å². The zero-order valence-corrected chi connectivity index (χ0v) is 12.0. The van der Waals surface area contributed by atoms with Crippen LogP contribution in [0.25, 0.3) is 0 Å². The summed E-state index contributed by atoms with van der Waals surface area (Å²) in [4.78, 5) is 0. The highest BCUT2D eigenvalue weighted by atomic mass is 28.4. The topological polar surface area (TPSA) is 39.7 Å². The number of anilines is 1. The normalized spacial score (nSPS) is 11.6. The molecule has 0 saturated heterocycles. The predicted octanol–water partition coefficient (Wildman–Crippen LogP) is 2.51. The molecule has 102 valence electrons. The average molecular weight is 273 g/mol. The van der Waals surface area contributed by atoms with Crippen molar-refractivity contribution in [3.63, 3.8) is 0 Å². The minimum atomic E-state index is -2.50. The zero-order valence-electron chi connectivity index (χ0n) is 11.0. The maximum Gasteiger partial charge on any atom is 0.500 e. The Balaban J connectivity index is 2.37. The number of rotatable bonds is 8. The summed E-state index contributed by atoms with van der Waals surface area (Å²) in [6, 6.07) is 7.30. The Morgan fingerprint density at radius 3 is 2.28 bits per heavy atom. The Morgan fingerprint density at radius 1 is 1.11 bits per heavy atom. The number of para-hydroxylation sites is 1. The lowest BCUT2D eigenvalue weighted by atomic mass is 10.3. The highest BCUT2D eigenvalue weighted by Crippen LogP contribution is 2.16. The largest absolute Gasteiger partial charge is 0.500 e. The number of halogens is 1. The summed E-state index contributed by atoms with van der Waals surface area (Å²) in [5.74, 6) is -0.244. The first-order valence-corrected chi connectivity index (χ1v) is 7.74. The van der Waals surface area contributed by atoms with Gasteiger partial charge in [-0.05, 0) is 18.6 Å². The molecule has 1 N–H and O–H groups in total. The SMILES string of the molecule is CO[Si](CCCNc1ccccc1F)(OC)OC. The lowest BCUT2D eigenvalue weighted by molar-refractivity contribution is 0.123. The molecule has 0 amide bonds. The lowest BCUT2D eigenvalue weighted by Crippen LogP contribution is -2.42. The molecule has 6 heteroatoms. The Labute approximate surface area is 108 Å². The quantitative estimate of drug-likeness (QED) is 0.583. The third kappa shape index (κ3) is 4.06. The molecule has 0 bridgehead atoms. The standard InChI is InChI=1S/C12H20FNO3Si/c1-15-18(16-2,17-3)10-6-9-14-12-8-5-4-7-11(12)13/h4-5,7-8,14H,6,9-10H2,1-3H3. The maximum atomic E-state index is 13.3. The van der Waals surface area contributed by atoms with Gasteiger partial charge >= 0.3 is 8.80 Å². The summed E-state index contributed by atoms with van der Waals surface area (Å²) in [5.41, 5.74) is 0.511. The van der Waals surface area contributed by atoms with E-state index in [-0.39, 0.29) is 5.82 Å². The lowest BCUT2D eigenvalue weighted by Gasteiger charge is -2.24. The minimum absolute atomic E-state index is 0.244. The molecule has 0 aliphatic rings. The van der Waals surface area contributed by atoms with Crippen LogP contribution in [0.4, 0.5) is 10.1 Å². The summed E-state index contributed by atoms with van der Waals surface area (Å²) in [6.07, 6.45) is 0.788. The third-order valence-electron chi connectivity index (χ3n) is 2.78. The Morgan fingerprint density at radius 2 is 1.72 bits per heavy atom. The van der Waals surface area contributed by atoms with Gasteiger partial charge in [0.05, 0.1) is 5.69 Å². The predicted molar refractivity (Wildman–Crippen MR) is 71.1 cm³/mol. The van der Waals surface area contributed by atoms with Crippen molar-refractivity contribution in [2.75, 3.05) is 33.2 Å². The van der Waals surface area contributed by atoms with Gasteiger partial charge in [-0.1, -0.05) is 12.1 Å². The average Bonchev–Trinajstić information content (AvgIpc) is 2.42. The minimum Gasteiger partial charge on any atom is -0.383 e. The molecule has 0 spiro atoms. The van der Waals surface area contributed by atoms with Crippen LogP contribution < -0.4 is 5.32 Å². The van der Waals surface area contributed by atoms with Crippen LogP contribution >= 0.6 is 0 Å². The first-order valence-electron chi connectivity index (χ1n) is 5.81. The van der Waals surface area contributed by atoms with E-state index in [1.165, 1.54) is 6.07 Å². The second-order valence-corrected chi connectivity index (χ2v) is 6.90. The molecule has 0 fully saturated rings. The van der Waals surface area contributed by atoms with E-state index in [1.54, 1.807) is 39.5 Å². The van der Waals surface area contributed by atoms with Gasteiger partial charge in [-0.25, -0.2) is 4.39 Å². The fraction of sp³-hybridized carbons (Fsp3) is 0.500. The third-order valence-corrected chi connectivity index (χ3v) is 5.61. The van der Waals surface area contributed by atoms with E-state index in [2.05, 4.69) is 5.32 Å². The molecular weight excluding hydrogens is 253 g/mol. The molecule has 4 nitrogen and oxygen atoms in total. The van der Waals surface area contributed by atoms with Crippen molar-refractivity contribution in [1.29, 1.82) is 0 Å². The highest BCUT2D eigenvalue weighted by molar-refractivity contribution is 6.60. The molecule has 0 saturated carbocycles. The maximum absolute atomic E-state index is 13.3. The molecule has 0 atom stereocenters. The molecular formula is C12H20FNO3Si. The fourth-order valence-corrected chi connectivity index (χ4v) is 3.41. The Kier molecular flexibility index (Phi) is 6.27. The van der Waals surface area contributed by atoms with Crippen molar-refractivity contribution in [3.05, 3.63) is 30.1 Å². The van der Waals surface area contributed by atoms with Crippen LogP contribution in [0.3, 0.4) is 0 Å². The van der Waals surface area contributed by atoms with Gasteiger partial charge in [-0.2, -0.15) is 0 Å². The number of hydrogen-bond donors (Lipinski definition) is 1. The van der Waals surface area contributed by atoms with Crippen molar-refractivity contribution in [2.24, 2.45) is 0 Å². The molecule has 1 rings (SSSR count). The van der Waals surface area contributed by atoms with Gasteiger partial charge in [0.15, 0.2) is 0 Å². The van der Waals surface area contributed by atoms with Gasteiger partial charge in [-0.15, -0.1) is 0 Å². The van der Waals surface area contributed by atoms with Crippen molar-refractivity contribution in [3.8, 4) is 0 Å². The molecule has 18 heavy (non-hydrogen) atoms. The molecule has 0 aliphatic carbocycles. The van der Waals surface area contributed by atoms with Crippen LogP contribution in [0.15, 0.2) is 24.3 Å². The first-order chi connectivity index (χ1) is 8.67. The van der Waals surface area contributed by atoms with Crippen molar-refractivity contribution >= 4 is 14.5 Å². The van der Waals surface area contributed by atoms with Crippen molar-refractivity contribution in [2.45, 2.75) is 12.5 Å². The molecule has 0 aromatic heterocycles. The second kappa shape index (κ2) is 7.47. The van der Waals surface area contributed by atoms with E-state index in [0.29, 0.717) is 18.3 Å². The van der Waals surface area contributed by atoms with Gasteiger partial charge < -0.3 is 18.6 Å². The van der Waals surface area contributed by atoms with E-state index >= 15 is 0 Å². The van der Waals surface area contributed by atoms with Gasteiger partial charge in [0.2, 0.25) is 0 Å². The van der Waals surface area contributed by atoms with E-state index in [9.17, 15) is 4.39 Å². The second-order valence-electron chi connectivity index (χ2n) is 3.81. The number of nitrogens with one attached hydrogen (secondary N) is 1. The van der Waals surface area contributed by atoms with Crippen molar-refractivity contribution in [1.82, 2.24) is 0 Å². The number of hydrogen-bond acceptors (Lipinski definition) is 4. The van der Waals surface area contributed by atoms with Gasteiger partial charge in [0.25, 0.3) is 0 Å². The molecule has 0 aliphatic heterocycles. The van der Waals surface area contributed by atoms with E-state index < -0.39 is 8.80 Å². The summed E-state index contributed by atoms with van der Waals surface area (Å²) in [7, 11) is 2.26. The molecule has 0 unspecified atom stereocenters. The van der Waals surface area contributed by atoms with Crippen LogP contribution in [0.2, 0.25) is 6.04 Å². The van der Waals surface area contributed by atoms with Crippen LogP contribution in [0.1, 0.15) is 6.42 Å². The summed E-state index contributed by atoms with van der Waals surface area (Å²) in [5, 5.41) is 3.04. The zero-order chi connectivity index (χ0) is 13.4. The van der Waals surface area contributed by atoms with Crippen molar-refractivity contribution < 1.29 is 17.7 Å². The van der Waals surface area contributed by atoms with Crippen LogP contribution in [-0.4, -0.2) is 36.7 Å². The van der Waals surface area contributed by atoms with Gasteiger partial charge in [-0.3, -0.25) is 0 Å². The molecule has 1 aromatic carbocycles. The summed E-state index contributed by atoms with van der Waals surface area (Å²) in [6.45, 7) is 0.645. The van der Waals surface area contributed by atoms with Crippen LogP contribution in [0, 0.1) is 5.82 Å². The van der Waals surface area contributed by atoms with E-state index in [1.807, 2.05) is 0 Å². The fourth-order valence-electron chi connectivity index (χ4n) is 1.69. The van der Waals surface area contributed by atoms with Crippen LogP contribution in [0.5, 0.6) is 0 Å².